The maximum atomic E-state index is 12.6. The fourth-order valence-electron chi connectivity index (χ4n) is 4.74. The van der Waals surface area contributed by atoms with Gasteiger partial charge in [0.15, 0.2) is 0 Å². The second kappa shape index (κ2) is 12.1. The van der Waals surface area contributed by atoms with Crippen molar-refractivity contribution < 1.29 is 31.7 Å². The average molecular weight is 538 g/mol. The van der Waals surface area contributed by atoms with E-state index in [1.54, 1.807) is 31.2 Å². The third-order valence-corrected chi connectivity index (χ3v) is 6.83. The maximum Gasteiger partial charge on any atom is 0.407 e. The highest BCUT2D eigenvalue weighted by molar-refractivity contribution is 7.86. The van der Waals surface area contributed by atoms with Crippen molar-refractivity contribution in [3.63, 3.8) is 0 Å². The molecular formula is C29H31NO7S. The Balaban J connectivity index is 1.36. The number of carbonyl (C=O) groups excluding carboxylic acids is 2. The molecule has 0 fully saturated rings. The highest BCUT2D eigenvalue weighted by Crippen LogP contribution is 2.44. The van der Waals surface area contributed by atoms with Gasteiger partial charge in [0.2, 0.25) is 0 Å². The van der Waals surface area contributed by atoms with Gasteiger partial charge >= 0.3 is 22.2 Å². The predicted octanol–water partition coefficient (Wildman–Crippen LogP) is 4.68. The molecule has 4 rings (SSSR count). The molecule has 9 heteroatoms. The molecule has 0 spiro atoms. The van der Waals surface area contributed by atoms with Crippen LogP contribution in [0.1, 0.15) is 36.0 Å². The van der Waals surface area contributed by atoms with Gasteiger partial charge in [0.1, 0.15) is 12.4 Å². The largest absolute Gasteiger partial charge is 0.466 e. The van der Waals surface area contributed by atoms with E-state index in [1.165, 1.54) is 0 Å². The van der Waals surface area contributed by atoms with Crippen LogP contribution in [0, 0.1) is 5.92 Å². The lowest BCUT2D eigenvalue weighted by Crippen LogP contribution is -2.33. The van der Waals surface area contributed by atoms with E-state index in [4.69, 9.17) is 13.7 Å². The van der Waals surface area contributed by atoms with E-state index in [0.717, 1.165) is 34.1 Å². The van der Waals surface area contributed by atoms with Gasteiger partial charge in [-0.25, -0.2) is 4.79 Å². The van der Waals surface area contributed by atoms with Crippen LogP contribution in [-0.4, -0.2) is 46.5 Å². The van der Waals surface area contributed by atoms with Crippen molar-refractivity contribution in [2.45, 2.75) is 25.7 Å². The third-order valence-electron chi connectivity index (χ3n) is 6.33. The third kappa shape index (κ3) is 7.13. The molecule has 0 heterocycles. The molecule has 3 aromatic carbocycles. The van der Waals surface area contributed by atoms with Crippen molar-refractivity contribution in [2.75, 3.05) is 26.0 Å². The minimum Gasteiger partial charge on any atom is -0.466 e. The Morgan fingerprint density at radius 3 is 2.08 bits per heavy atom. The summed E-state index contributed by atoms with van der Waals surface area (Å²) in [6, 6.07) is 22.8. The van der Waals surface area contributed by atoms with Crippen molar-refractivity contribution in [1.82, 2.24) is 5.32 Å². The van der Waals surface area contributed by atoms with Crippen LogP contribution in [0.25, 0.3) is 11.1 Å². The number of hydrogen-bond acceptors (Lipinski definition) is 7. The Kier molecular flexibility index (Phi) is 8.68. The summed E-state index contributed by atoms with van der Waals surface area (Å²) in [4.78, 5) is 24.8. The van der Waals surface area contributed by atoms with Gasteiger partial charge in [0, 0.05) is 12.5 Å². The van der Waals surface area contributed by atoms with Gasteiger partial charge in [-0.05, 0) is 59.2 Å². The van der Waals surface area contributed by atoms with Crippen molar-refractivity contribution in [3.05, 3.63) is 89.5 Å². The minimum atomic E-state index is -3.62. The summed E-state index contributed by atoms with van der Waals surface area (Å²) in [6.07, 6.45) is 0.990. The number of fused-ring (bicyclic) bond motifs is 3. The standard InChI is InChI=1S/C29H31NO7S/c1-3-35-28(31)17-21(16-20-12-14-22(15-13-20)37-38(2,33)34)18-30-29(32)36-19-27-25-10-6-4-8-23(25)24-9-5-7-11-26(24)27/h4-15,21,27H,3,16-19H2,1-2H3,(H,30,32). The van der Waals surface area contributed by atoms with Crippen LogP contribution in [0.2, 0.25) is 0 Å². The molecular weight excluding hydrogens is 506 g/mol. The molecule has 1 unspecified atom stereocenters. The van der Waals surface area contributed by atoms with E-state index < -0.39 is 16.2 Å². The van der Waals surface area contributed by atoms with E-state index in [1.807, 2.05) is 24.3 Å². The van der Waals surface area contributed by atoms with Crippen LogP contribution in [0.3, 0.4) is 0 Å². The average Bonchev–Trinajstić information content (AvgIpc) is 3.20. The Hall–Kier alpha value is -3.85. The molecule has 200 valence electrons. The summed E-state index contributed by atoms with van der Waals surface area (Å²) in [5.74, 6) is -0.453. The number of esters is 1. The van der Waals surface area contributed by atoms with Crippen LogP contribution < -0.4 is 9.50 Å². The van der Waals surface area contributed by atoms with Gasteiger partial charge < -0.3 is 19.0 Å². The summed E-state index contributed by atoms with van der Waals surface area (Å²) < 4.78 is 38.2. The van der Waals surface area contributed by atoms with E-state index in [9.17, 15) is 18.0 Å². The topological polar surface area (TPSA) is 108 Å². The molecule has 0 aliphatic heterocycles. The number of ether oxygens (including phenoxy) is 2. The molecule has 3 aromatic rings. The zero-order chi connectivity index (χ0) is 27.1. The van der Waals surface area contributed by atoms with Crippen LogP contribution in [-0.2, 0) is 30.8 Å². The summed E-state index contributed by atoms with van der Waals surface area (Å²) in [7, 11) is -3.62. The van der Waals surface area contributed by atoms with Crippen molar-refractivity contribution in [2.24, 2.45) is 5.92 Å². The predicted molar refractivity (Wildman–Crippen MR) is 143 cm³/mol. The second-order valence-electron chi connectivity index (χ2n) is 9.22. The minimum absolute atomic E-state index is 0.0452. The molecule has 0 radical (unpaired) electrons. The zero-order valence-corrected chi connectivity index (χ0v) is 22.2. The molecule has 0 bridgehead atoms. The molecule has 0 aromatic heterocycles. The van der Waals surface area contributed by atoms with Gasteiger partial charge in [-0.2, -0.15) is 8.42 Å². The molecule has 8 nitrogen and oxygen atoms in total. The fourth-order valence-corrected chi connectivity index (χ4v) is 5.20. The Morgan fingerprint density at radius 2 is 1.50 bits per heavy atom. The van der Waals surface area contributed by atoms with Crippen LogP contribution in [0.5, 0.6) is 5.75 Å². The monoisotopic (exact) mass is 537 g/mol. The molecule has 1 N–H and O–H groups in total. The molecule has 1 atom stereocenters. The Bertz CT molecular complexity index is 1340. The summed E-state index contributed by atoms with van der Waals surface area (Å²) >= 11 is 0. The number of alkyl carbamates (subject to hydrolysis) is 1. The molecule has 38 heavy (non-hydrogen) atoms. The van der Waals surface area contributed by atoms with Gasteiger partial charge in [-0.15, -0.1) is 0 Å². The van der Waals surface area contributed by atoms with E-state index in [-0.39, 0.29) is 49.7 Å². The van der Waals surface area contributed by atoms with Crippen LogP contribution >= 0.6 is 0 Å². The first-order valence-corrected chi connectivity index (χ1v) is 14.3. The maximum absolute atomic E-state index is 12.6. The first-order valence-electron chi connectivity index (χ1n) is 12.5. The van der Waals surface area contributed by atoms with Gasteiger partial charge in [-0.1, -0.05) is 60.7 Å². The summed E-state index contributed by atoms with van der Waals surface area (Å²) in [5.41, 5.74) is 5.42. The van der Waals surface area contributed by atoms with E-state index >= 15 is 0 Å². The SMILES string of the molecule is CCOC(=O)CC(CNC(=O)OCC1c2ccccc2-c2ccccc21)Cc1ccc(OS(C)(=O)=O)cc1. The Labute approximate surface area is 223 Å². The second-order valence-corrected chi connectivity index (χ2v) is 10.8. The van der Waals surface area contributed by atoms with Crippen molar-refractivity contribution in [3.8, 4) is 16.9 Å². The number of amides is 1. The first kappa shape index (κ1) is 27.2. The smallest absolute Gasteiger partial charge is 0.407 e. The van der Waals surface area contributed by atoms with Crippen LogP contribution in [0.4, 0.5) is 4.79 Å². The van der Waals surface area contributed by atoms with E-state index in [0.29, 0.717) is 6.42 Å². The normalized spacial score (nSPS) is 13.2. The highest BCUT2D eigenvalue weighted by atomic mass is 32.2. The zero-order valence-electron chi connectivity index (χ0n) is 21.4. The van der Waals surface area contributed by atoms with Gasteiger partial charge in [0.25, 0.3) is 0 Å². The molecule has 1 amide bonds. The fraction of sp³-hybridized carbons (Fsp3) is 0.310. The molecule has 0 saturated carbocycles. The van der Waals surface area contributed by atoms with Crippen molar-refractivity contribution in [1.29, 1.82) is 0 Å². The van der Waals surface area contributed by atoms with Crippen molar-refractivity contribution >= 4 is 22.2 Å². The first-order chi connectivity index (χ1) is 18.2. The Morgan fingerprint density at radius 1 is 0.895 bits per heavy atom. The number of carbonyl (C=O) groups is 2. The summed E-state index contributed by atoms with van der Waals surface area (Å²) in [5, 5.41) is 2.79. The number of rotatable bonds is 11. The quantitative estimate of drug-likeness (QED) is 0.280. The number of hydrogen-bond donors (Lipinski definition) is 1. The molecule has 1 aliphatic carbocycles. The highest BCUT2D eigenvalue weighted by Gasteiger charge is 2.29. The number of benzene rings is 3. The van der Waals surface area contributed by atoms with Crippen LogP contribution in [0.15, 0.2) is 72.8 Å². The van der Waals surface area contributed by atoms with Gasteiger partial charge in [0.05, 0.1) is 19.3 Å². The van der Waals surface area contributed by atoms with Gasteiger partial charge in [-0.3, -0.25) is 4.79 Å². The number of nitrogens with one attached hydrogen (secondary N) is 1. The lowest BCUT2D eigenvalue weighted by atomic mass is 9.96. The lowest BCUT2D eigenvalue weighted by Gasteiger charge is -2.18. The molecule has 0 saturated heterocycles. The lowest BCUT2D eigenvalue weighted by molar-refractivity contribution is -0.144. The molecule has 1 aliphatic rings. The summed E-state index contributed by atoms with van der Waals surface area (Å²) in [6.45, 7) is 2.41. The van der Waals surface area contributed by atoms with E-state index in [2.05, 4.69) is 29.6 Å².